The maximum absolute atomic E-state index is 12.9. The molecule has 2 aromatic carbocycles. The van der Waals surface area contributed by atoms with Gasteiger partial charge >= 0.3 is 5.97 Å². The first-order valence-electron chi connectivity index (χ1n) is 9.21. The van der Waals surface area contributed by atoms with Crippen molar-refractivity contribution in [3.05, 3.63) is 101 Å². The molecular weight excluding hydrogens is 368 g/mol. The van der Waals surface area contributed by atoms with E-state index in [1.165, 1.54) is 6.92 Å². The van der Waals surface area contributed by atoms with Crippen LogP contribution in [-0.2, 0) is 9.53 Å². The van der Waals surface area contributed by atoms with Gasteiger partial charge in [0.1, 0.15) is 6.04 Å². The van der Waals surface area contributed by atoms with Crippen LogP contribution in [0.1, 0.15) is 45.0 Å². The number of hydrogen-bond donors (Lipinski definition) is 0. The van der Waals surface area contributed by atoms with E-state index in [0.29, 0.717) is 16.8 Å². The third-order valence-electron chi connectivity index (χ3n) is 4.85. The summed E-state index contributed by atoms with van der Waals surface area (Å²) in [5.74, 6) is -1.67. The minimum Gasteiger partial charge on any atom is -0.449 e. The Labute approximate surface area is 167 Å². The molecule has 2 unspecified atom stereocenters. The molecule has 1 aliphatic rings. The highest BCUT2D eigenvalue weighted by atomic mass is 16.5. The monoisotopic (exact) mass is 386 g/mol. The average Bonchev–Trinajstić information content (AvgIpc) is 3.03. The zero-order valence-electron chi connectivity index (χ0n) is 15.7. The molecule has 0 bridgehead atoms. The molecule has 144 valence electrons. The summed E-state index contributed by atoms with van der Waals surface area (Å²) in [6, 6.07) is 20.0. The molecule has 0 radical (unpaired) electrons. The van der Waals surface area contributed by atoms with E-state index in [-0.39, 0.29) is 0 Å². The Balaban J connectivity index is 1.60. The summed E-state index contributed by atoms with van der Waals surface area (Å²) in [5.41, 5.74) is 1.89. The maximum atomic E-state index is 12.9. The van der Waals surface area contributed by atoms with Gasteiger partial charge in [0.05, 0.1) is 16.8 Å². The minimum atomic E-state index is -1.07. The highest BCUT2D eigenvalue weighted by Crippen LogP contribution is 2.28. The van der Waals surface area contributed by atoms with Gasteiger partial charge in [-0.1, -0.05) is 48.5 Å². The van der Waals surface area contributed by atoms with Crippen molar-refractivity contribution in [2.75, 3.05) is 0 Å². The van der Waals surface area contributed by atoms with Crippen LogP contribution >= 0.6 is 0 Å². The van der Waals surface area contributed by atoms with Gasteiger partial charge in [-0.25, -0.2) is 4.79 Å². The number of aromatic nitrogens is 1. The Kier molecular flexibility index (Phi) is 4.91. The van der Waals surface area contributed by atoms with Gasteiger partial charge in [-0.2, -0.15) is 0 Å². The lowest BCUT2D eigenvalue weighted by Crippen LogP contribution is -2.44. The molecular formula is C23H18N2O4. The lowest BCUT2D eigenvalue weighted by Gasteiger charge is -2.24. The summed E-state index contributed by atoms with van der Waals surface area (Å²) < 4.78 is 5.74. The van der Waals surface area contributed by atoms with Gasteiger partial charge < -0.3 is 4.74 Å². The maximum Gasteiger partial charge on any atom is 0.330 e. The number of carbonyl (C=O) groups is 3. The van der Waals surface area contributed by atoms with Crippen LogP contribution in [0.5, 0.6) is 0 Å². The van der Waals surface area contributed by atoms with Crippen molar-refractivity contribution in [2.24, 2.45) is 0 Å². The quantitative estimate of drug-likeness (QED) is 0.496. The number of pyridine rings is 1. The van der Waals surface area contributed by atoms with E-state index in [0.717, 1.165) is 10.5 Å². The van der Waals surface area contributed by atoms with Crippen molar-refractivity contribution >= 4 is 17.8 Å². The Morgan fingerprint density at radius 2 is 1.45 bits per heavy atom. The number of ether oxygens (including phenoxy) is 1. The Morgan fingerprint density at radius 3 is 2.03 bits per heavy atom. The fraction of sp³-hybridized carbons (Fsp3) is 0.130. The van der Waals surface area contributed by atoms with Gasteiger partial charge in [-0.15, -0.1) is 0 Å². The van der Waals surface area contributed by atoms with Gasteiger partial charge in [-0.3, -0.25) is 19.5 Å². The van der Waals surface area contributed by atoms with E-state index in [1.54, 1.807) is 48.7 Å². The predicted octanol–water partition coefficient (Wildman–Crippen LogP) is 3.40. The molecule has 0 fully saturated rings. The first-order chi connectivity index (χ1) is 14.1. The molecule has 0 saturated carbocycles. The summed E-state index contributed by atoms with van der Waals surface area (Å²) in [4.78, 5) is 43.5. The van der Waals surface area contributed by atoms with E-state index in [4.69, 9.17) is 4.74 Å². The summed E-state index contributed by atoms with van der Waals surface area (Å²) >= 11 is 0. The fourth-order valence-electron chi connectivity index (χ4n) is 3.34. The van der Waals surface area contributed by atoms with Gasteiger partial charge in [0.15, 0.2) is 6.10 Å². The molecule has 0 N–H and O–H groups in total. The standard InChI is InChI=1S/C23H18N2O4/c1-15(25-21(26)17-11-5-6-12-18(17)22(25)27)23(28)29-20(16-9-3-2-4-10-16)19-13-7-8-14-24-19/h2-15,20H,1H3. The average molecular weight is 386 g/mol. The molecule has 29 heavy (non-hydrogen) atoms. The van der Waals surface area contributed by atoms with Gasteiger partial charge in [0.25, 0.3) is 11.8 Å². The van der Waals surface area contributed by atoms with Crippen molar-refractivity contribution in [1.29, 1.82) is 0 Å². The first-order valence-corrected chi connectivity index (χ1v) is 9.21. The zero-order valence-corrected chi connectivity index (χ0v) is 15.7. The third kappa shape index (κ3) is 3.40. The molecule has 0 saturated heterocycles. The Bertz CT molecular complexity index is 992. The van der Waals surface area contributed by atoms with Crippen LogP contribution in [0.25, 0.3) is 0 Å². The molecule has 2 heterocycles. The van der Waals surface area contributed by atoms with Crippen LogP contribution in [0.15, 0.2) is 79.0 Å². The second kappa shape index (κ2) is 7.67. The number of fused-ring (bicyclic) bond motifs is 1. The lowest BCUT2D eigenvalue weighted by molar-refractivity contribution is -0.151. The Morgan fingerprint density at radius 1 is 0.862 bits per heavy atom. The van der Waals surface area contributed by atoms with Crippen molar-refractivity contribution in [3.8, 4) is 0 Å². The number of rotatable bonds is 5. The lowest BCUT2D eigenvalue weighted by atomic mass is 10.1. The van der Waals surface area contributed by atoms with E-state index >= 15 is 0 Å². The van der Waals surface area contributed by atoms with Gasteiger partial charge in [-0.05, 0) is 36.8 Å². The molecule has 1 aliphatic heterocycles. The van der Waals surface area contributed by atoms with Crippen molar-refractivity contribution in [1.82, 2.24) is 9.88 Å². The molecule has 6 heteroatoms. The van der Waals surface area contributed by atoms with Crippen LogP contribution in [0.3, 0.4) is 0 Å². The summed E-state index contributed by atoms with van der Waals surface area (Å²) in [6.07, 6.45) is 0.870. The van der Waals surface area contributed by atoms with Crippen LogP contribution in [0.4, 0.5) is 0 Å². The SMILES string of the molecule is CC(C(=O)OC(c1ccccc1)c1ccccn1)N1C(=O)c2ccccc2C1=O. The second-order valence-corrected chi connectivity index (χ2v) is 6.68. The number of amides is 2. The van der Waals surface area contributed by atoms with E-state index in [1.807, 2.05) is 30.3 Å². The molecule has 4 rings (SSSR count). The topological polar surface area (TPSA) is 76.6 Å². The smallest absolute Gasteiger partial charge is 0.330 e. The molecule has 2 atom stereocenters. The number of carbonyl (C=O) groups excluding carboxylic acids is 3. The van der Waals surface area contributed by atoms with Gasteiger partial charge in [0.2, 0.25) is 0 Å². The zero-order chi connectivity index (χ0) is 20.4. The predicted molar refractivity (Wildman–Crippen MR) is 105 cm³/mol. The summed E-state index contributed by atoms with van der Waals surface area (Å²) in [6.45, 7) is 1.49. The molecule has 1 aromatic heterocycles. The van der Waals surface area contributed by atoms with Crippen LogP contribution in [0, 0.1) is 0 Å². The van der Waals surface area contributed by atoms with Crippen LogP contribution < -0.4 is 0 Å². The number of esters is 1. The Hall–Kier alpha value is -3.80. The van der Waals surface area contributed by atoms with Crippen molar-refractivity contribution in [2.45, 2.75) is 19.1 Å². The third-order valence-corrected chi connectivity index (χ3v) is 4.85. The number of nitrogens with zero attached hydrogens (tertiary/aromatic N) is 2. The van der Waals surface area contributed by atoms with E-state index < -0.39 is 29.9 Å². The van der Waals surface area contributed by atoms with Crippen molar-refractivity contribution in [3.63, 3.8) is 0 Å². The highest BCUT2D eigenvalue weighted by Gasteiger charge is 2.41. The van der Waals surface area contributed by atoms with Crippen molar-refractivity contribution < 1.29 is 19.1 Å². The van der Waals surface area contributed by atoms with E-state index in [9.17, 15) is 14.4 Å². The molecule has 0 aliphatic carbocycles. The molecule has 0 spiro atoms. The first kappa shape index (κ1) is 18.6. The number of benzene rings is 2. The molecule has 2 amide bonds. The van der Waals surface area contributed by atoms with Gasteiger partial charge in [0, 0.05) is 6.20 Å². The normalized spacial score (nSPS) is 15.0. The minimum absolute atomic E-state index is 0.293. The van der Waals surface area contributed by atoms with Crippen LogP contribution in [-0.4, -0.2) is 33.7 Å². The summed E-state index contributed by atoms with van der Waals surface area (Å²) in [5, 5.41) is 0. The largest absolute Gasteiger partial charge is 0.449 e. The number of hydrogen-bond acceptors (Lipinski definition) is 5. The molecule has 3 aromatic rings. The number of imide groups is 1. The van der Waals surface area contributed by atoms with Crippen LogP contribution in [0.2, 0.25) is 0 Å². The highest BCUT2D eigenvalue weighted by molar-refractivity contribution is 6.22. The summed E-state index contributed by atoms with van der Waals surface area (Å²) in [7, 11) is 0. The fourth-order valence-corrected chi connectivity index (χ4v) is 3.34. The molecule has 6 nitrogen and oxygen atoms in total. The second-order valence-electron chi connectivity index (χ2n) is 6.68. The van der Waals surface area contributed by atoms with E-state index in [2.05, 4.69) is 4.98 Å².